The molecule has 0 unspecified atom stereocenters. The molecule has 0 aliphatic rings. The zero-order valence-electron chi connectivity index (χ0n) is 12.7. The van der Waals surface area contributed by atoms with E-state index in [1.165, 1.54) is 9.42 Å². The normalized spacial score (nSPS) is 12.2. The van der Waals surface area contributed by atoms with Gasteiger partial charge >= 0.3 is 0 Å². The lowest BCUT2D eigenvalue weighted by Crippen LogP contribution is -2.23. The van der Waals surface area contributed by atoms with Gasteiger partial charge in [0.1, 0.15) is 0 Å². The summed E-state index contributed by atoms with van der Waals surface area (Å²) >= 11 is 1.72. The summed E-state index contributed by atoms with van der Waals surface area (Å²) in [6, 6.07) is 19.7. The minimum atomic E-state index is -1.56. The molecule has 0 amide bonds. The molecule has 0 N–H and O–H groups in total. The first-order valence-corrected chi connectivity index (χ1v) is 11.3. The van der Waals surface area contributed by atoms with Crippen LogP contribution in [0.1, 0.15) is 10.4 Å². The first kappa shape index (κ1) is 15.8. The largest absolute Gasteiger partial charge is 0.289 e. The van der Waals surface area contributed by atoms with E-state index in [2.05, 4.69) is 31.8 Å². The van der Waals surface area contributed by atoms with Gasteiger partial charge in [-0.3, -0.25) is 4.79 Å². The first-order chi connectivity index (χ1) is 9.97. The highest BCUT2D eigenvalue weighted by Crippen LogP contribution is 2.33. The summed E-state index contributed by atoms with van der Waals surface area (Å²) in [5, 5.41) is 0. The molecular formula is C18H20OSSi. The van der Waals surface area contributed by atoms with Crippen molar-refractivity contribution in [3.8, 4) is 0 Å². The van der Waals surface area contributed by atoms with E-state index < -0.39 is 8.07 Å². The second kappa shape index (κ2) is 6.92. The maximum absolute atomic E-state index is 12.4. The molecule has 0 radical (unpaired) electrons. The summed E-state index contributed by atoms with van der Waals surface area (Å²) in [7, 11) is -1.56. The van der Waals surface area contributed by atoms with Gasteiger partial charge in [-0.2, -0.15) is 0 Å². The van der Waals surface area contributed by atoms with Crippen LogP contribution in [0.5, 0.6) is 0 Å². The summed E-state index contributed by atoms with van der Waals surface area (Å²) in [6.45, 7) is 6.81. The summed E-state index contributed by atoms with van der Waals surface area (Å²) in [5.41, 5.74) is 0.752. The van der Waals surface area contributed by atoms with Gasteiger partial charge in [0.25, 0.3) is 0 Å². The first-order valence-electron chi connectivity index (χ1n) is 7.01. The lowest BCUT2D eigenvalue weighted by Gasteiger charge is -2.20. The molecule has 0 aliphatic carbocycles. The van der Waals surface area contributed by atoms with Crippen molar-refractivity contribution in [2.24, 2.45) is 0 Å². The number of allylic oxidation sites excluding steroid dienone is 1. The number of benzene rings is 2. The molecule has 0 heterocycles. The molecule has 1 nitrogen and oxygen atoms in total. The van der Waals surface area contributed by atoms with Crippen molar-refractivity contribution in [2.45, 2.75) is 24.5 Å². The van der Waals surface area contributed by atoms with Crippen LogP contribution in [0.4, 0.5) is 0 Å². The lowest BCUT2D eigenvalue weighted by atomic mass is 10.1. The van der Waals surface area contributed by atoms with Crippen LogP contribution >= 0.6 is 11.8 Å². The maximum Gasteiger partial charge on any atom is 0.186 e. The minimum Gasteiger partial charge on any atom is -0.289 e. The van der Waals surface area contributed by atoms with Crippen molar-refractivity contribution < 1.29 is 4.79 Å². The number of hydrogen-bond acceptors (Lipinski definition) is 2. The van der Waals surface area contributed by atoms with Crippen LogP contribution in [0.25, 0.3) is 0 Å². The van der Waals surface area contributed by atoms with Crippen LogP contribution < -0.4 is 0 Å². The molecule has 0 bridgehead atoms. The molecule has 0 saturated heterocycles. The number of carbonyl (C=O) groups is 1. The minimum absolute atomic E-state index is 0.0939. The van der Waals surface area contributed by atoms with E-state index in [4.69, 9.17) is 0 Å². The molecule has 2 aromatic rings. The molecule has 0 saturated carbocycles. The van der Waals surface area contributed by atoms with Gasteiger partial charge in [-0.25, -0.2) is 0 Å². The Morgan fingerprint density at radius 2 is 1.43 bits per heavy atom. The van der Waals surface area contributed by atoms with Crippen molar-refractivity contribution in [3.05, 3.63) is 76.8 Å². The maximum atomic E-state index is 12.4. The van der Waals surface area contributed by atoms with Crippen molar-refractivity contribution >= 4 is 25.6 Å². The molecule has 0 spiro atoms. The second-order valence-electron chi connectivity index (χ2n) is 5.90. The Hall–Kier alpha value is -1.58. The summed E-state index contributed by atoms with van der Waals surface area (Å²) in [5.74, 6) is 0.0939. The molecule has 2 aromatic carbocycles. The zero-order valence-corrected chi connectivity index (χ0v) is 14.5. The van der Waals surface area contributed by atoms with Crippen molar-refractivity contribution in [1.82, 2.24) is 0 Å². The molecule has 0 aliphatic heterocycles. The Kier molecular flexibility index (Phi) is 5.20. The van der Waals surface area contributed by atoms with Gasteiger partial charge in [0.15, 0.2) is 5.78 Å². The summed E-state index contributed by atoms with van der Waals surface area (Å²) in [4.78, 5) is 13.6. The van der Waals surface area contributed by atoms with Gasteiger partial charge in [-0.05, 0) is 22.7 Å². The van der Waals surface area contributed by atoms with Crippen LogP contribution in [-0.4, -0.2) is 13.9 Å². The van der Waals surface area contributed by atoms with Crippen LogP contribution in [0.15, 0.2) is 76.2 Å². The monoisotopic (exact) mass is 312 g/mol. The molecule has 21 heavy (non-hydrogen) atoms. The van der Waals surface area contributed by atoms with Crippen LogP contribution in [0.3, 0.4) is 0 Å². The molecule has 0 fully saturated rings. The fourth-order valence-electron chi connectivity index (χ4n) is 1.82. The van der Waals surface area contributed by atoms with Crippen LogP contribution in [0, 0.1) is 0 Å². The highest BCUT2D eigenvalue weighted by atomic mass is 32.2. The predicted octanol–water partition coefficient (Wildman–Crippen LogP) is 5.42. The molecular weight excluding hydrogens is 292 g/mol. The number of hydrogen-bond donors (Lipinski definition) is 0. The van der Waals surface area contributed by atoms with Crippen molar-refractivity contribution in [3.63, 3.8) is 0 Å². The third-order valence-electron chi connectivity index (χ3n) is 3.03. The average molecular weight is 313 g/mol. The summed E-state index contributed by atoms with van der Waals surface area (Å²) in [6.07, 6.45) is 1.83. The van der Waals surface area contributed by atoms with E-state index >= 15 is 0 Å². The number of ketones is 1. The van der Waals surface area contributed by atoms with E-state index in [1.807, 2.05) is 54.6 Å². The highest BCUT2D eigenvalue weighted by Gasteiger charge is 2.22. The van der Waals surface area contributed by atoms with E-state index in [0.717, 1.165) is 5.56 Å². The van der Waals surface area contributed by atoms with E-state index in [-0.39, 0.29) is 5.78 Å². The Morgan fingerprint density at radius 3 is 1.95 bits per heavy atom. The van der Waals surface area contributed by atoms with Gasteiger partial charge in [-0.15, -0.1) is 0 Å². The quantitative estimate of drug-likeness (QED) is 0.317. The number of thioether (sulfide) groups is 1. The highest BCUT2D eigenvalue weighted by molar-refractivity contribution is 8.05. The average Bonchev–Trinajstić information content (AvgIpc) is 2.47. The van der Waals surface area contributed by atoms with E-state index in [1.54, 1.807) is 11.8 Å². The zero-order chi connectivity index (χ0) is 15.3. The van der Waals surface area contributed by atoms with Gasteiger partial charge in [0.05, 0.1) is 8.07 Å². The van der Waals surface area contributed by atoms with Gasteiger partial charge in [-0.1, -0.05) is 79.9 Å². The van der Waals surface area contributed by atoms with Crippen molar-refractivity contribution in [1.29, 1.82) is 0 Å². The molecule has 108 valence electrons. The van der Waals surface area contributed by atoms with Crippen LogP contribution in [0.2, 0.25) is 19.6 Å². The van der Waals surface area contributed by atoms with Gasteiger partial charge in [0.2, 0.25) is 0 Å². The second-order valence-corrected chi connectivity index (χ2v) is 12.4. The molecule has 2 rings (SSSR count). The Labute approximate surface area is 132 Å². The molecule has 0 aromatic heterocycles. The molecule has 3 heteroatoms. The third kappa shape index (κ3) is 4.72. The predicted molar refractivity (Wildman–Crippen MR) is 94.5 cm³/mol. The smallest absolute Gasteiger partial charge is 0.186 e. The Bertz CT molecular complexity index is 627. The Morgan fingerprint density at radius 1 is 0.905 bits per heavy atom. The number of rotatable bonds is 5. The van der Waals surface area contributed by atoms with E-state index in [9.17, 15) is 4.79 Å². The Balaban J connectivity index is 2.28. The van der Waals surface area contributed by atoms with Gasteiger partial charge < -0.3 is 0 Å². The lowest BCUT2D eigenvalue weighted by molar-refractivity contribution is 0.104. The topological polar surface area (TPSA) is 17.1 Å². The van der Waals surface area contributed by atoms with E-state index in [0.29, 0.717) is 0 Å². The summed E-state index contributed by atoms with van der Waals surface area (Å²) < 4.78 is 1.21. The number of carbonyl (C=O) groups excluding carboxylic acids is 1. The van der Waals surface area contributed by atoms with Crippen molar-refractivity contribution in [2.75, 3.05) is 0 Å². The van der Waals surface area contributed by atoms with Gasteiger partial charge in [0, 0.05) is 10.5 Å². The molecule has 0 atom stereocenters. The third-order valence-corrected chi connectivity index (χ3v) is 7.64. The fraction of sp³-hybridized carbons (Fsp3) is 0.167. The standard InChI is InChI=1S/C18H20OSSi/c1-21(2,3)18(20-16-12-8-5-9-13-16)14-17(19)15-10-6-4-7-11-15/h4-14H,1-3H3/b18-14-. The fourth-order valence-corrected chi connectivity index (χ4v) is 4.67. The SMILES string of the molecule is C[Si](C)(C)/C(=C\C(=O)c1ccccc1)Sc1ccccc1. The van der Waals surface area contributed by atoms with Crippen LogP contribution in [-0.2, 0) is 0 Å².